The minimum Gasteiger partial charge on any atom is -0.324 e. The summed E-state index contributed by atoms with van der Waals surface area (Å²) in [4.78, 5) is 11.5. The van der Waals surface area contributed by atoms with Gasteiger partial charge in [-0.3, -0.25) is 4.79 Å². The third-order valence-electron chi connectivity index (χ3n) is 3.08. The molecule has 0 fully saturated rings. The number of aryl methyl sites for hydroxylation is 1. The highest BCUT2D eigenvalue weighted by Gasteiger charge is 2.28. The summed E-state index contributed by atoms with van der Waals surface area (Å²) in [5.74, 6) is -0.238. The van der Waals surface area contributed by atoms with E-state index >= 15 is 0 Å². The molecule has 3 N–H and O–H groups in total. The summed E-state index contributed by atoms with van der Waals surface area (Å²) >= 11 is 12.2. The first-order valence-corrected chi connectivity index (χ1v) is 6.35. The average molecular weight is 297 g/mol. The molecule has 98 valence electrons. The van der Waals surface area contributed by atoms with Crippen LogP contribution in [0.3, 0.4) is 0 Å². The smallest absolute Gasteiger partial charge is 0.245 e. The molecule has 0 aliphatic carbocycles. The van der Waals surface area contributed by atoms with Crippen LogP contribution in [0.1, 0.15) is 17.3 Å². The lowest BCUT2D eigenvalue weighted by molar-refractivity contribution is -0.116. The number of benzene rings is 1. The van der Waals surface area contributed by atoms with E-state index in [1.165, 1.54) is 0 Å². The molecule has 1 amide bonds. The highest BCUT2D eigenvalue weighted by Crippen LogP contribution is 2.35. The lowest BCUT2D eigenvalue weighted by Gasteiger charge is -2.08. The molecule has 0 saturated heterocycles. The van der Waals surface area contributed by atoms with Crippen molar-refractivity contribution in [2.75, 3.05) is 5.32 Å². The van der Waals surface area contributed by atoms with Gasteiger partial charge in [0.1, 0.15) is 6.04 Å². The van der Waals surface area contributed by atoms with Crippen molar-refractivity contribution in [2.45, 2.75) is 13.0 Å². The molecule has 19 heavy (non-hydrogen) atoms. The number of aromatic nitrogens is 2. The van der Waals surface area contributed by atoms with Gasteiger partial charge in [0, 0.05) is 17.4 Å². The van der Waals surface area contributed by atoms with Crippen LogP contribution >= 0.6 is 23.2 Å². The van der Waals surface area contributed by atoms with E-state index in [2.05, 4.69) is 10.4 Å². The summed E-state index contributed by atoms with van der Waals surface area (Å²) in [5, 5.41) is 7.99. The van der Waals surface area contributed by atoms with Crippen molar-refractivity contribution in [2.24, 2.45) is 5.73 Å². The summed E-state index contributed by atoms with van der Waals surface area (Å²) in [6.07, 6.45) is 1.67. The van der Waals surface area contributed by atoms with E-state index in [9.17, 15) is 4.79 Å². The monoisotopic (exact) mass is 296 g/mol. The highest BCUT2D eigenvalue weighted by atomic mass is 35.5. The van der Waals surface area contributed by atoms with Gasteiger partial charge in [0.25, 0.3) is 0 Å². The van der Waals surface area contributed by atoms with Crippen LogP contribution in [0.2, 0.25) is 10.0 Å². The Hall–Kier alpha value is -1.56. The lowest BCUT2D eigenvalue weighted by Crippen LogP contribution is -2.19. The minimum absolute atomic E-state index is 0.238. The van der Waals surface area contributed by atoms with Gasteiger partial charge in [0.15, 0.2) is 0 Å². The topological polar surface area (TPSA) is 72.9 Å². The SMILES string of the molecule is Cc1nn(-c2cc3c(cc2Cl)C(N)C(=O)N3)cc1Cl. The molecule has 7 heteroatoms. The van der Waals surface area contributed by atoms with E-state index < -0.39 is 6.04 Å². The molecule has 5 nitrogen and oxygen atoms in total. The van der Waals surface area contributed by atoms with E-state index in [-0.39, 0.29) is 5.91 Å². The molecule has 1 atom stereocenters. The number of carbonyl (C=O) groups is 1. The van der Waals surface area contributed by atoms with Crippen LogP contribution in [-0.2, 0) is 4.79 Å². The molecule has 1 aliphatic heterocycles. The van der Waals surface area contributed by atoms with Crippen molar-refractivity contribution < 1.29 is 4.79 Å². The second-order valence-electron chi connectivity index (χ2n) is 4.36. The molecule has 1 unspecified atom stereocenters. The van der Waals surface area contributed by atoms with Crippen LogP contribution in [-0.4, -0.2) is 15.7 Å². The van der Waals surface area contributed by atoms with E-state index in [1.54, 1.807) is 29.9 Å². The molecule has 1 aliphatic rings. The van der Waals surface area contributed by atoms with E-state index in [0.29, 0.717) is 32.7 Å². The zero-order valence-corrected chi connectivity index (χ0v) is 11.5. The quantitative estimate of drug-likeness (QED) is 0.849. The molecule has 0 radical (unpaired) electrons. The zero-order valence-electron chi connectivity index (χ0n) is 9.95. The number of amides is 1. The van der Waals surface area contributed by atoms with Gasteiger partial charge in [-0.05, 0) is 19.1 Å². The Bertz CT molecular complexity index is 676. The summed E-state index contributed by atoms with van der Waals surface area (Å²) in [7, 11) is 0. The van der Waals surface area contributed by atoms with Gasteiger partial charge >= 0.3 is 0 Å². The number of nitrogens with two attached hydrogens (primary N) is 1. The Morgan fingerprint density at radius 3 is 2.74 bits per heavy atom. The molecule has 0 bridgehead atoms. The van der Waals surface area contributed by atoms with E-state index in [1.807, 2.05) is 0 Å². The number of rotatable bonds is 1. The highest BCUT2D eigenvalue weighted by molar-refractivity contribution is 6.33. The first-order chi connectivity index (χ1) is 8.97. The van der Waals surface area contributed by atoms with Gasteiger partial charge in [-0.1, -0.05) is 23.2 Å². The number of hydrogen-bond acceptors (Lipinski definition) is 3. The maximum Gasteiger partial charge on any atom is 0.245 e. The molecular weight excluding hydrogens is 287 g/mol. The van der Waals surface area contributed by atoms with Gasteiger partial charge < -0.3 is 11.1 Å². The zero-order chi connectivity index (χ0) is 13.7. The number of anilines is 1. The van der Waals surface area contributed by atoms with Gasteiger partial charge in [-0.2, -0.15) is 5.10 Å². The molecular formula is C12H10Cl2N4O. The Kier molecular flexibility index (Phi) is 2.78. The first-order valence-electron chi connectivity index (χ1n) is 5.59. The van der Waals surface area contributed by atoms with Crippen LogP contribution in [0.25, 0.3) is 5.69 Å². The number of nitrogens with zero attached hydrogens (tertiary/aromatic N) is 2. The molecule has 2 aromatic rings. The molecule has 1 aromatic heterocycles. The number of halogens is 2. The average Bonchev–Trinajstić information content (AvgIpc) is 2.82. The van der Waals surface area contributed by atoms with Gasteiger partial charge in [-0.25, -0.2) is 4.68 Å². The van der Waals surface area contributed by atoms with Gasteiger partial charge in [0.05, 0.1) is 21.4 Å². The summed E-state index contributed by atoms with van der Waals surface area (Å²) in [5.41, 5.74) is 8.45. The fourth-order valence-corrected chi connectivity index (χ4v) is 2.42. The van der Waals surface area contributed by atoms with Crippen molar-refractivity contribution in [3.05, 3.63) is 39.6 Å². The van der Waals surface area contributed by atoms with Crippen LogP contribution in [0.4, 0.5) is 5.69 Å². The summed E-state index contributed by atoms with van der Waals surface area (Å²) < 4.78 is 1.58. The fourth-order valence-electron chi connectivity index (χ4n) is 2.03. The Morgan fingerprint density at radius 1 is 1.37 bits per heavy atom. The first kappa shape index (κ1) is 12.5. The summed E-state index contributed by atoms with van der Waals surface area (Å²) in [6.45, 7) is 1.80. The largest absolute Gasteiger partial charge is 0.324 e. The van der Waals surface area contributed by atoms with Crippen molar-refractivity contribution in [3.8, 4) is 5.69 Å². The number of nitrogens with one attached hydrogen (secondary N) is 1. The third-order valence-corrected chi connectivity index (χ3v) is 3.75. The number of hydrogen-bond donors (Lipinski definition) is 2. The van der Waals surface area contributed by atoms with E-state index in [0.717, 1.165) is 0 Å². The molecule has 3 rings (SSSR count). The van der Waals surface area contributed by atoms with Crippen LogP contribution in [0.15, 0.2) is 18.3 Å². The Balaban J connectivity index is 2.15. The minimum atomic E-state index is -0.676. The van der Waals surface area contributed by atoms with Gasteiger partial charge in [-0.15, -0.1) is 0 Å². The predicted octanol–water partition coefficient (Wildman–Crippen LogP) is 2.44. The lowest BCUT2D eigenvalue weighted by atomic mass is 10.1. The van der Waals surface area contributed by atoms with Crippen molar-refractivity contribution in [3.63, 3.8) is 0 Å². The third kappa shape index (κ3) is 1.90. The number of fused-ring (bicyclic) bond motifs is 1. The maximum absolute atomic E-state index is 11.5. The van der Waals surface area contributed by atoms with Gasteiger partial charge in [0.2, 0.25) is 5.91 Å². The van der Waals surface area contributed by atoms with Crippen LogP contribution < -0.4 is 11.1 Å². The summed E-state index contributed by atoms with van der Waals surface area (Å²) in [6, 6.07) is 2.75. The van der Waals surface area contributed by atoms with Crippen molar-refractivity contribution in [1.82, 2.24) is 9.78 Å². The normalized spacial score (nSPS) is 17.5. The molecule has 0 saturated carbocycles. The Morgan fingerprint density at radius 2 is 2.11 bits per heavy atom. The fraction of sp³-hybridized carbons (Fsp3) is 0.167. The predicted molar refractivity (Wildman–Crippen MR) is 73.9 cm³/mol. The molecule has 0 spiro atoms. The standard InChI is InChI=1S/C12H10Cl2N4O/c1-5-8(14)4-18(17-5)10-3-9-6(2-7(10)13)11(15)12(19)16-9/h2-4,11H,15H2,1H3,(H,16,19). The van der Waals surface area contributed by atoms with Crippen molar-refractivity contribution in [1.29, 1.82) is 0 Å². The Labute approximate surface area is 119 Å². The van der Waals surface area contributed by atoms with Crippen LogP contribution in [0, 0.1) is 6.92 Å². The van der Waals surface area contributed by atoms with E-state index in [4.69, 9.17) is 28.9 Å². The van der Waals surface area contributed by atoms with Crippen molar-refractivity contribution >= 4 is 34.8 Å². The number of carbonyl (C=O) groups excluding carboxylic acids is 1. The van der Waals surface area contributed by atoms with Crippen LogP contribution in [0.5, 0.6) is 0 Å². The molecule has 2 heterocycles. The second-order valence-corrected chi connectivity index (χ2v) is 5.18. The second kappa shape index (κ2) is 4.23. The molecule has 1 aromatic carbocycles. The maximum atomic E-state index is 11.5.